The van der Waals surface area contributed by atoms with Gasteiger partial charge in [-0.15, -0.1) is 0 Å². The largest absolute Gasteiger partial charge is 0.478 e. The molecule has 0 bridgehead atoms. The van der Waals surface area contributed by atoms with Gasteiger partial charge in [0.15, 0.2) is 29.0 Å². The van der Waals surface area contributed by atoms with Crippen molar-refractivity contribution < 1.29 is 48.0 Å². The molecule has 9 aromatic rings. The number of carboxylic acids is 1. The van der Waals surface area contributed by atoms with Crippen LogP contribution in [-0.4, -0.2) is 109 Å². The van der Waals surface area contributed by atoms with Crippen molar-refractivity contribution in [3.63, 3.8) is 0 Å². The number of halogens is 3. The van der Waals surface area contributed by atoms with Gasteiger partial charge in [0.25, 0.3) is 0 Å². The third-order valence-corrected chi connectivity index (χ3v) is 10.3. The van der Waals surface area contributed by atoms with Gasteiger partial charge in [0.2, 0.25) is 0 Å². The van der Waals surface area contributed by atoms with Crippen LogP contribution in [0.5, 0.6) is 0 Å². The van der Waals surface area contributed by atoms with E-state index < -0.39 is 23.4 Å². The molecule has 0 aliphatic heterocycles. The van der Waals surface area contributed by atoms with Crippen LogP contribution in [0.1, 0.15) is 56.8 Å². The molecule has 374 valence electrons. The summed E-state index contributed by atoms with van der Waals surface area (Å²) in [4.78, 5) is 71.9. The number of carbonyl (C=O) groups is 3. The predicted octanol–water partition coefficient (Wildman–Crippen LogP) is 5.79. The molecule has 23 heteroatoms. The number of Topliss-reactive ketones (excluding diaryl/α,β-unsaturated/α-hetero) is 2. The van der Waals surface area contributed by atoms with Crippen LogP contribution in [0, 0.1) is 17.5 Å². The number of nitrogens with two attached hydrogens (primary N) is 4. The van der Waals surface area contributed by atoms with Crippen LogP contribution in [-0.2, 0) is 0 Å². The molecule has 0 spiro atoms. The monoisotopic (exact) mass is 997 g/mol. The van der Waals surface area contributed by atoms with Crippen molar-refractivity contribution in [2.75, 3.05) is 43.6 Å². The summed E-state index contributed by atoms with van der Waals surface area (Å²) >= 11 is 0. The minimum atomic E-state index is -1.21. The van der Waals surface area contributed by atoms with E-state index >= 15 is 0 Å². The number of anilines is 3. The van der Waals surface area contributed by atoms with Crippen molar-refractivity contribution in [3.8, 4) is 33.8 Å². The number of pyridine rings is 3. The van der Waals surface area contributed by atoms with Gasteiger partial charge < -0.3 is 43.4 Å². The second-order valence-corrected chi connectivity index (χ2v) is 15.5. The zero-order valence-corrected chi connectivity index (χ0v) is 38.5. The third-order valence-electron chi connectivity index (χ3n) is 10.3. The van der Waals surface area contributed by atoms with Crippen molar-refractivity contribution in [2.24, 2.45) is 5.73 Å². The Labute approximate surface area is 412 Å². The maximum Gasteiger partial charge on any atom is 0.335 e. The molecule has 0 atom stereocenters. The lowest BCUT2D eigenvalue weighted by atomic mass is 10.0. The predicted molar refractivity (Wildman–Crippen MR) is 266 cm³/mol. The maximum atomic E-state index is 13.9. The number of ketones is 2. The van der Waals surface area contributed by atoms with Gasteiger partial charge in [-0.2, -0.15) is 0 Å². The molecule has 0 aliphatic carbocycles. The SMILES string of the molecule is NCCO.Nc1ncnc2ccc(-c3cc(F)cc(C(=O)CCCO)c3)nc12.Nc1ncnc2ccc(-c3cc(F)cc(C(=O)CCCO)c3)nc12.Nc1ncnc2ccc(-c3cc(F)cc(C(=O)O)c3)nc12. The van der Waals surface area contributed by atoms with Crippen LogP contribution in [0.15, 0.2) is 110 Å². The van der Waals surface area contributed by atoms with Gasteiger partial charge in [-0.25, -0.2) is 62.8 Å². The van der Waals surface area contributed by atoms with Crippen molar-refractivity contribution in [2.45, 2.75) is 25.7 Å². The van der Waals surface area contributed by atoms with E-state index in [1.54, 1.807) is 48.5 Å². The minimum absolute atomic E-state index is 0.0839. The number of benzene rings is 3. The van der Waals surface area contributed by atoms with Gasteiger partial charge in [0.1, 0.15) is 53.0 Å². The number of aromatic carboxylic acids is 1. The Morgan fingerprint density at radius 3 is 1.07 bits per heavy atom. The lowest BCUT2D eigenvalue weighted by Gasteiger charge is -2.07. The number of aliphatic hydroxyl groups is 3. The molecule has 6 heterocycles. The number of hydrogen-bond acceptors (Lipinski definition) is 19. The zero-order chi connectivity index (χ0) is 52.6. The Morgan fingerprint density at radius 1 is 0.452 bits per heavy atom. The zero-order valence-electron chi connectivity index (χ0n) is 38.5. The van der Waals surface area contributed by atoms with E-state index in [-0.39, 0.29) is 78.4 Å². The summed E-state index contributed by atoms with van der Waals surface area (Å²) in [6, 6.07) is 21.7. The first-order valence-electron chi connectivity index (χ1n) is 22.0. The molecular formula is C50H46F3N13O7. The molecule has 0 unspecified atom stereocenters. The van der Waals surface area contributed by atoms with Crippen LogP contribution in [0.3, 0.4) is 0 Å². The van der Waals surface area contributed by atoms with Gasteiger partial charge >= 0.3 is 5.97 Å². The summed E-state index contributed by atoms with van der Waals surface area (Å²) in [5.41, 5.74) is 28.0. The molecule has 0 amide bonds. The van der Waals surface area contributed by atoms with E-state index in [2.05, 4.69) is 44.9 Å². The van der Waals surface area contributed by atoms with Crippen molar-refractivity contribution >= 4 is 68.1 Å². The Balaban J connectivity index is 0.000000172. The number of hydrogen-bond donors (Lipinski definition) is 8. The van der Waals surface area contributed by atoms with Gasteiger partial charge in [0.05, 0.1) is 45.8 Å². The molecule has 6 aromatic heterocycles. The van der Waals surface area contributed by atoms with Crippen LogP contribution in [0.2, 0.25) is 0 Å². The van der Waals surface area contributed by atoms with E-state index in [1.165, 1.54) is 55.4 Å². The van der Waals surface area contributed by atoms with Gasteiger partial charge in [-0.05, 0) is 104 Å². The van der Waals surface area contributed by atoms with Crippen molar-refractivity contribution in [1.29, 1.82) is 0 Å². The molecule has 0 radical (unpaired) electrons. The third kappa shape index (κ3) is 14.1. The molecule has 0 fully saturated rings. The lowest BCUT2D eigenvalue weighted by molar-refractivity contribution is 0.0695. The summed E-state index contributed by atoms with van der Waals surface area (Å²) in [5.74, 6) is -2.70. The molecule has 0 aliphatic rings. The first-order chi connectivity index (χ1) is 35.1. The Kier molecular flexibility index (Phi) is 18.4. The Bertz CT molecular complexity index is 3290. The highest BCUT2D eigenvalue weighted by Gasteiger charge is 2.15. The number of nitrogen functional groups attached to an aromatic ring is 3. The first-order valence-corrected chi connectivity index (χ1v) is 22.0. The van der Waals surface area contributed by atoms with Gasteiger partial charge in [0, 0.05) is 60.4 Å². The fraction of sp³-hybridized carbons (Fsp3) is 0.160. The number of fused-ring (bicyclic) bond motifs is 3. The molecular weight excluding hydrogens is 952 g/mol. The molecule has 12 N–H and O–H groups in total. The minimum Gasteiger partial charge on any atom is -0.478 e. The summed E-state index contributed by atoms with van der Waals surface area (Å²) in [5, 5.41) is 34.4. The molecule has 3 aromatic carbocycles. The number of carbonyl (C=O) groups excluding carboxylic acids is 2. The smallest absolute Gasteiger partial charge is 0.335 e. The molecule has 0 saturated heterocycles. The second kappa shape index (κ2) is 25.2. The summed E-state index contributed by atoms with van der Waals surface area (Å²) in [6.45, 7) is 0.304. The normalized spacial score (nSPS) is 10.7. The van der Waals surface area contributed by atoms with Crippen LogP contribution in [0.25, 0.3) is 66.9 Å². The second-order valence-electron chi connectivity index (χ2n) is 15.5. The van der Waals surface area contributed by atoms with E-state index in [9.17, 15) is 27.6 Å². The first kappa shape index (κ1) is 53.3. The van der Waals surface area contributed by atoms with E-state index in [1.807, 2.05) is 0 Å². The highest BCUT2D eigenvalue weighted by molar-refractivity contribution is 5.98. The number of aromatic nitrogens is 9. The van der Waals surface area contributed by atoms with Crippen LogP contribution < -0.4 is 22.9 Å². The van der Waals surface area contributed by atoms with Gasteiger partial charge in [-0.3, -0.25) is 9.59 Å². The number of nitrogens with zero attached hydrogens (tertiary/aromatic N) is 9. The van der Waals surface area contributed by atoms with Crippen LogP contribution in [0.4, 0.5) is 30.6 Å². The molecule has 20 nitrogen and oxygen atoms in total. The summed E-state index contributed by atoms with van der Waals surface area (Å²) < 4.78 is 41.3. The van der Waals surface area contributed by atoms with E-state index in [0.29, 0.717) is 86.3 Å². The Hall–Kier alpha value is -9.03. The average Bonchev–Trinajstić information content (AvgIpc) is 3.39. The standard InChI is InChI=1S/2C17H15FN4O2.C14H9FN4O2.C2H7NO/c2*18-12-7-10(6-11(8-12)15(24)2-1-5-23)13-3-4-14-16(22-13)17(19)21-9-20-14;15-9-4-7(3-8(5-9)14(20)21)10-1-2-11-12(19-10)13(16)18-6-17-11;3-1-2-4/h2*3-4,6-9,23H,1-2,5H2,(H2,19,20,21);1-6H,(H,20,21)(H2,16,17,18);4H,1-3H2. The Morgan fingerprint density at radius 2 is 0.767 bits per heavy atom. The fourth-order valence-electron chi connectivity index (χ4n) is 6.78. The van der Waals surface area contributed by atoms with E-state index in [4.69, 9.17) is 43.4 Å². The number of carboxylic acid groups (broad SMARTS) is 1. The highest BCUT2D eigenvalue weighted by Crippen LogP contribution is 2.28. The van der Waals surface area contributed by atoms with Crippen molar-refractivity contribution in [1.82, 2.24) is 44.9 Å². The summed E-state index contributed by atoms with van der Waals surface area (Å²) in [7, 11) is 0. The quantitative estimate of drug-likeness (QED) is 0.0634. The lowest BCUT2D eigenvalue weighted by Crippen LogP contribution is -2.02. The van der Waals surface area contributed by atoms with Crippen molar-refractivity contribution in [3.05, 3.63) is 144 Å². The highest BCUT2D eigenvalue weighted by atomic mass is 19.1. The van der Waals surface area contributed by atoms with E-state index in [0.717, 1.165) is 6.07 Å². The summed E-state index contributed by atoms with van der Waals surface area (Å²) in [6.07, 6.45) is 5.01. The van der Waals surface area contributed by atoms with Gasteiger partial charge in [-0.1, -0.05) is 0 Å². The fourth-order valence-corrected chi connectivity index (χ4v) is 6.78. The number of aliphatic hydroxyl groups excluding tert-OH is 3. The molecule has 73 heavy (non-hydrogen) atoms. The van der Waals surface area contributed by atoms with Crippen LogP contribution >= 0.6 is 0 Å². The maximum absolute atomic E-state index is 13.9. The molecule has 9 rings (SSSR count). The number of rotatable bonds is 13. The molecule has 0 saturated carbocycles. The average molecular weight is 998 g/mol. The topological polar surface area (TPSA) is 352 Å².